The molecule has 2 rings (SSSR count). The first-order chi connectivity index (χ1) is 12.3. The van der Waals surface area contributed by atoms with E-state index in [0.29, 0.717) is 30.3 Å². The molecule has 1 aliphatic heterocycles. The third-order valence-electron chi connectivity index (χ3n) is 5.17. The molecule has 1 heterocycles. The Morgan fingerprint density at radius 3 is 2.35 bits per heavy atom. The van der Waals surface area contributed by atoms with E-state index in [9.17, 15) is 9.59 Å². The molecular weight excluding hydrogens is 330 g/mol. The number of nitrogens with two attached hydrogens (primary N) is 1. The lowest BCUT2D eigenvalue weighted by Crippen LogP contribution is -2.53. The van der Waals surface area contributed by atoms with Crippen LogP contribution in [0.3, 0.4) is 0 Å². The quantitative estimate of drug-likeness (QED) is 0.812. The molecule has 2 amide bonds. The normalized spacial score (nSPS) is 17.7. The number of hydrogen-bond donors (Lipinski definition) is 2. The maximum Gasteiger partial charge on any atom is 0.255 e. The molecule has 0 aliphatic carbocycles. The van der Waals surface area contributed by atoms with E-state index in [1.165, 1.54) is 7.11 Å². The molecule has 2 atom stereocenters. The van der Waals surface area contributed by atoms with E-state index in [1.807, 2.05) is 31.7 Å². The molecule has 1 aliphatic rings. The van der Waals surface area contributed by atoms with Gasteiger partial charge in [-0.25, -0.2) is 0 Å². The topological polar surface area (TPSA) is 84.7 Å². The summed E-state index contributed by atoms with van der Waals surface area (Å²) in [5, 5.41) is 2.90. The van der Waals surface area contributed by atoms with Gasteiger partial charge in [0, 0.05) is 19.1 Å². The Labute approximate surface area is 156 Å². The zero-order valence-corrected chi connectivity index (χ0v) is 16.2. The van der Waals surface area contributed by atoms with Gasteiger partial charge in [-0.3, -0.25) is 9.59 Å². The average molecular weight is 361 g/mol. The number of hydrogen-bond acceptors (Lipinski definition) is 4. The second kappa shape index (κ2) is 9.03. The molecule has 1 aromatic rings. The highest BCUT2D eigenvalue weighted by atomic mass is 16.5. The second-order valence-electron chi connectivity index (χ2n) is 7.42. The van der Waals surface area contributed by atoms with Crippen LogP contribution in [0.15, 0.2) is 24.3 Å². The minimum absolute atomic E-state index is 0.00712. The summed E-state index contributed by atoms with van der Waals surface area (Å²) in [6.45, 7) is 7.30. The summed E-state index contributed by atoms with van der Waals surface area (Å²) in [6.07, 6.45) is 1.82. The number of likely N-dealkylation sites (tertiary alicyclic amines) is 1. The van der Waals surface area contributed by atoms with Crippen molar-refractivity contribution in [1.82, 2.24) is 10.2 Å². The Bertz CT molecular complexity index is 622. The molecule has 3 N–H and O–H groups in total. The smallest absolute Gasteiger partial charge is 0.255 e. The Balaban J connectivity index is 2.06. The van der Waals surface area contributed by atoms with Crippen molar-refractivity contribution in [2.45, 2.75) is 45.7 Å². The summed E-state index contributed by atoms with van der Waals surface area (Å²) < 4.78 is 5.25. The minimum Gasteiger partial charge on any atom is -0.496 e. The lowest BCUT2D eigenvalue weighted by atomic mass is 9.90. The summed E-state index contributed by atoms with van der Waals surface area (Å²) in [5.41, 5.74) is 6.42. The summed E-state index contributed by atoms with van der Waals surface area (Å²) in [7, 11) is 1.53. The average Bonchev–Trinajstić information content (AvgIpc) is 2.65. The molecule has 1 aromatic carbocycles. The molecule has 6 nitrogen and oxygen atoms in total. The summed E-state index contributed by atoms with van der Waals surface area (Å²) in [5.74, 6) is 0.635. The van der Waals surface area contributed by atoms with Gasteiger partial charge in [0.15, 0.2) is 0 Å². The van der Waals surface area contributed by atoms with Gasteiger partial charge in [-0.15, -0.1) is 0 Å². The Kier molecular flexibility index (Phi) is 7.03. The predicted octanol–water partition coefficient (Wildman–Crippen LogP) is 2.04. The molecule has 144 valence electrons. The summed E-state index contributed by atoms with van der Waals surface area (Å²) in [6, 6.07) is 6.62. The van der Waals surface area contributed by atoms with Gasteiger partial charge < -0.3 is 20.7 Å². The number of benzene rings is 1. The monoisotopic (exact) mass is 361 g/mol. The lowest BCUT2D eigenvalue weighted by Gasteiger charge is -2.36. The SMILES string of the molecule is COc1ccccc1C(=O)NC(C(=O)N1CCC(C(C)N)CC1)C(C)C. The molecule has 0 spiro atoms. The molecule has 1 saturated heterocycles. The Morgan fingerprint density at radius 1 is 1.19 bits per heavy atom. The van der Waals surface area contributed by atoms with Crippen molar-refractivity contribution in [3.8, 4) is 5.75 Å². The molecular formula is C20H31N3O3. The van der Waals surface area contributed by atoms with Gasteiger partial charge in [-0.05, 0) is 43.7 Å². The number of piperidine rings is 1. The van der Waals surface area contributed by atoms with Gasteiger partial charge in [0.1, 0.15) is 11.8 Å². The van der Waals surface area contributed by atoms with Crippen molar-refractivity contribution in [2.24, 2.45) is 17.6 Å². The van der Waals surface area contributed by atoms with E-state index in [2.05, 4.69) is 5.32 Å². The number of carbonyl (C=O) groups excluding carboxylic acids is 2. The largest absolute Gasteiger partial charge is 0.496 e. The predicted molar refractivity (Wildman–Crippen MR) is 102 cm³/mol. The van der Waals surface area contributed by atoms with E-state index >= 15 is 0 Å². The first kappa shape index (κ1) is 20.2. The molecule has 0 aromatic heterocycles. The van der Waals surface area contributed by atoms with E-state index in [1.54, 1.807) is 18.2 Å². The van der Waals surface area contributed by atoms with Crippen molar-refractivity contribution < 1.29 is 14.3 Å². The van der Waals surface area contributed by atoms with Gasteiger partial charge in [-0.2, -0.15) is 0 Å². The van der Waals surface area contributed by atoms with Crippen LogP contribution in [0.25, 0.3) is 0 Å². The van der Waals surface area contributed by atoms with Gasteiger partial charge in [0.25, 0.3) is 5.91 Å². The third kappa shape index (κ3) is 4.75. The van der Waals surface area contributed by atoms with Crippen LogP contribution in [0.4, 0.5) is 0 Å². The zero-order valence-electron chi connectivity index (χ0n) is 16.2. The van der Waals surface area contributed by atoms with Crippen molar-refractivity contribution in [3.05, 3.63) is 29.8 Å². The van der Waals surface area contributed by atoms with Crippen molar-refractivity contribution in [1.29, 1.82) is 0 Å². The number of amides is 2. The molecule has 0 radical (unpaired) electrons. The van der Waals surface area contributed by atoms with Crippen LogP contribution in [0, 0.1) is 11.8 Å². The highest BCUT2D eigenvalue weighted by Crippen LogP contribution is 2.22. The van der Waals surface area contributed by atoms with Crippen LogP contribution >= 0.6 is 0 Å². The highest BCUT2D eigenvalue weighted by molar-refractivity contribution is 5.99. The Morgan fingerprint density at radius 2 is 1.81 bits per heavy atom. The molecule has 2 unspecified atom stereocenters. The second-order valence-corrected chi connectivity index (χ2v) is 7.42. The first-order valence-corrected chi connectivity index (χ1v) is 9.33. The molecule has 26 heavy (non-hydrogen) atoms. The van der Waals surface area contributed by atoms with Crippen LogP contribution in [-0.2, 0) is 4.79 Å². The number of ether oxygens (including phenoxy) is 1. The maximum atomic E-state index is 13.0. The number of nitrogens with zero attached hydrogens (tertiary/aromatic N) is 1. The van der Waals surface area contributed by atoms with Crippen LogP contribution in [0.2, 0.25) is 0 Å². The standard InChI is InChI=1S/C20H31N3O3/c1-13(2)18(20(25)23-11-9-15(10-12-23)14(3)21)22-19(24)16-7-5-6-8-17(16)26-4/h5-8,13-15,18H,9-12,21H2,1-4H3,(H,22,24). The summed E-state index contributed by atoms with van der Waals surface area (Å²) >= 11 is 0. The molecule has 0 saturated carbocycles. The van der Waals surface area contributed by atoms with Gasteiger partial charge in [0.05, 0.1) is 12.7 Å². The van der Waals surface area contributed by atoms with Crippen molar-refractivity contribution in [3.63, 3.8) is 0 Å². The number of para-hydroxylation sites is 1. The van der Waals surface area contributed by atoms with E-state index < -0.39 is 6.04 Å². The minimum atomic E-state index is -0.556. The fraction of sp³-hybridized carbons (Fsp3) is 0.600. The molecule has 0 bridgehead atoms. The fourth-order valence-corrected chi connectivity index (χ4v) is 3.41. The van der Waals surface area contributed by atoms with Gasteiger partial charge >= 0.3 is 0 Å². The molecule has 6 heteroatoms. The fourth-order valence-electron chi connectivity index (χ4n) is 3.41. The van der Waals surface area contributed by atoms with Crippen LogP contribution in [-0.4, -0.2) is 49.0 Å². The van der Waals surface area contributed by atoms with Gasteiger partial charge in [-0.1, -0.05) is 26.0 Å². The van der Waals surface area contributed by atoms with Gasteiger partial charge in [0.2, 0.25) is 5.91 Å². The number of carbonyl (C=O) groups is 2. The molecule has 1 fully saturated rings. The highest BCUT2D eigenvalue weighted by Gasteiger charge is 2.32. The van der Waals surface area contributed by atoms with Crippen LogP contribution in [0.1, 0.15) is 44.0 Å². The van der Waals surface area contributed by atoms with Crippen LogP contribution in [0.5, 0.6) is 5.75 Å². The number of nitrogens with one attached hydrogen (secondary N) is 1. The number of methoxy groups -OCH3 is 1. The van der Waals surface area contributed by atoms with Crippen LogP contribution < -0.4 is 15.8 Å². The van der Waals surface area contributed by atoms with Crippen molar-refractivity contribution >= 4 is 11.8 Å². The lowest BCUT2D eigenvalue weighted by molar-refractivity contribution is -0.135. The first-order valence-electron chi connectivity index (χ1n) is 9.33. The third-order valence-corrected chi connectivity index (χ3v) is 5.17. The maximum absolute atomic E-state index is 13.0. The van der Waals surface area contributed by atoms with E-state index in [4.69, 9.17) is 10.5 Å². The zero-order chi connectivity index (χ0) is 19.3. The van der Waals surface area contributed by atoms with Crippen molar-refractivity contribution in [2.75, 3.05) is 20.2 Å². The number of rotatable bonds is 6. The summed E-state index contributed by atoms with van der Waals surface area (Å²) in [4.78, 5) is 27.5. The van der Waals surface area contributed by atoms with E-state index in [0.717, 1.165) is 12.8 Å². The Hall–Kier alpha value is -2.08. The van der Waals surface area contributed by atoms with E-state index in [-0.39, 0.29) is 23.8 Å².